The molecule has 1 atom stereocenters. The van der Waals surface area contributed by atoms with E-state index < -0.39 is 0 Å². The minimum absolute atomic E-state index is 0.914. The van der Waals surface area contributed by atoms with Crippen LogP contribution in [0.3, 0.4) is 0 Å². The first-order valence-corrected chi connectivity index (χ1v) is 9.71. The van der Waals surface area contributed by atoms with Crippen LogP contribution in [-0.4, -0.2) is 11.5 Å². The molecule has 0 aromatic carbocycles. The van der Waals surface area contributed by atoms with Crippen molar-refractivity contribution in [3.8, 4) is 0 Å². The molecule has 0 saturated heterocycles. The molecule has 112 valence electrons. The van der Waals surface area contributed by atoms with Gasteiger partial charge in [0.2, 0.25) is 0 Å². The highest BCUT2D eigenvalue weighted by Gasteiger charge is 2.18. The maximum Gasteiger partial charge on any atom is 0.0143 e. The second kappa shape index (κ2) is 10.8. The van der Waals surface area contributed by atoms with Crippen LogP contribution < -0.4 is 0 Å². The van der Waals surface area contributed by atoms with Crippen LogP contribution in [0.15, 0.2) is 11.1 Å². The highest BCUT2D eigenvalue weighted by Crippen LogP contribution is 2.34. The van der Waals surface area contributed by atoms with Crippen LogP contribution in [0.2, 0.25) is 0 Å². The van der Waals surface area contributed by atoms with Gasteiger partial charge in [0.05, 0.1) is 0 Å². The molecule has 0 spiro atoms. The smallest absolute Gasteiger partial charge is 0.0143 e. The molecular formula is C18H34S. The summed E-state index contributed by atoms with van der Waals surface area (Å²) in [5.74, 6) is 3.58. The summed E-state index contributed by atoms with van der Waals surface area (Å²) in [6.45, 7) is 7.03. The average Bonchev–Trinajstić information content (AvgIpc) is 2.42. The van der Waals surface area contributed by atoms with Crippen molar-refractivity contribution in [2.24, 2.45) is 5.92 Å². The Hall–Kier alpha value is 0.0900. The standard InChI is InChI=1S/C18H34S/c1-4-6-7-8-9-10-12-17(11-5-2)18-13-14-19-15-16(18)3/h17H,4-15H2,1-3H3. The lowest BCUT2D eigenvalue weighted by molar-refractivity contribution is 0.460. The molecule has 0 aromatic rings. The zero-order valence-corrected chi connectivity index (χ0v) is 14.3. The van der Waals surface area contributed by atoms with E-state index in [9.17, 15) is 0 Å². The molecular weight excluding hydrogens is 248 g/mol. The molecule has 0 aromatic heterocycles. The Labute approximate surface area is 125 Å². The largest absolute Gasteiger partial charge is 0.157 e. The monoisotopic (exact) mass is 282 g/mol. The van der Waals surface area contributed by atoms with Crippen molar-refractivity contribution in [3.05, 3.63) is 11.1 Å². The van der Waals surface area contributed by atoms with E-state index in [0.29, 0.717) is 0 Å². The first-order valence-electron chi connectivity index (χ1n) is 8.55. The Bertz CT molecular complexity index is 254. The first kappa shape index (κ1) is 17.1. The normalized spacial score (nSPS) is 17.8. The van der Waals surface area contributed by atoms with Crippen LogP contribution in [0.25, 0.3) is 0 Å². The summed E-state index contributed by atoms with van der Waals surface area (Å²) in [7, 11) is 0. The van der Waals surface area contributed by atoms with Gasteiger partial charge < -0.3 is 0 Å². The zero-order valence-electron chi connectivity index (χ0n) is 13.5. The van der Waals surface area contributed by atoms with Gasteiger partial charge in [-0.3, -0.25) is 0 Å². The van der Waals surface area contributed by atoms with Crippen LogP contribution >= 0.6 is 11.8 Å². The maximum atomic E-state index is 2.38. The van der Waals surface area contributed by atoms with Gasteiger partial charge in [0.15, 0.2) is 0 Å². The summed E-state index contributed by atoms with van der Waals surface area (Å²) in [6, 6.07) is 0. The van der Waals surface area contributed by atoms with Crippen LogP contribution in [0.4, 0.5) is 0 Å². The van der Waals surface area contributed by atoms with E-state index in [4.69, 9.17) is 0 Å². The number of thioether (sulfide) groups is 1. The highest BCUT2D eigenvalue weighted by atomic mass is 32.2. The minimum Gasteiger partial charge on any atom is -0.157 e. The summed E-state index contributed by atoms with van der Waals surface area (Å²) in [5, 5.41) is 0. The van der Waals surface area contributed by atoms with Gasteiger partial charge in [0.25, 0.3) is 0 Å². The summed E-state index contributed by atoms with van der Waals surface area (Å²) in [5.41, 5.74) is 3.55. The predicted molar refractivity (Wildman–Crippen MR) is 91.0 cm³/mol. The molecule has 0 bridgehead atoms. The van der Waals surface area contributed by atoms with E-state index in [0.717, 1.165) is 5.92 Å². The fourth-order valence-electron chi connectivity index (χ4n) is 3.28. The first-order chi connectivity index (χ1) is 9.29. The highest BCUT2D eigenvalue weighted by molar-refractivity contribution is 7.99. The Morgan fingerprint density at radius 2 is 1.68 bits per heavy atom. The molecule has 0 nitrogen and oxygen atoms in total. The average molecular weight is 283 g/mol. The van der Waals surface area contributed by atoms with Gasteiger partial charge in [-0.1, -0.05) is 69.9 Å². The number of allylic oxidation sites excluding steroid dienone is 1. The van der Waals surface area contributed by atoms with Gasteiger partial charge in [0.1, 0.15) is 0 Å². The van der Waals surface area contributed by atoms with Crippen molar-refractivity contribution in [2.75, 3.05) is 11.5 Å². The molecule has 1 rings (SSSR count). The van der Waals surface area contributed by atoms with Crippen LogP contribution in [0.1, 0.15) is 85.0 Å². The van der Waals surface area contributed by atoms with E-state index in [2.05, 4.69) is 32.5 Å². The quantitative estimate of drug-likeness (QED) is 0.321. The van der Waals surface area contributed by atoms with Crippen molar-refractivity contribution in [1.29, 1.82) is 0 Å². The Morgan fingerprint density at radius 3 is 2.37 bits per heavy atom. The van der Waals surface area contributed by atoms with Crippen LogP contribution in [0, 0.1) is 5.92 Å². The van der Waals surface area contributed by atoms with Crippen molar-refractivity contribution >= 4 is 11.8 Å². The summed E-state index contributed by atoms with van der Waals surface area (Å²) in [4.78, 5) is 0. The molecule has 0 amide bonds. The van der Waals surface area contributed by atoms with Crippen molar-refractivity contribution in [2.45, 2.75) is 85.0 Å². The maximum absolute atomic E-state index is 2.38. The van der Waals surface area contributed by atoms with E-state index >= 15 is 0 Å². The Balaban J connectivity index is 2.32. The zero-order chi connectivity index (χ0) is 13.9. The molecule has 19 heavy (non-hydrogen) atoms. The van der Waals surface area contributed by atoms with Gasteiger partial charge in [-0.25, -0.2) is 0 Å². The third kappa shape index (κ3) is 6.88. The van der Waals surface area contributed by atoms with E-state index in [-0.39, 0.29) is 0 Å². The van der Waals surface area contributed by atoms with Gasteiger partial charge in [-0.2, -0.15) is 11.8 Å². The lowest BCUT2D eigenvalue weighted by atomic mass is 9.85. The molecule has 1 heteroatoms. The molecule has 1 aliphatic heterocycles. The van der Waals surface area contributed by atoms with E-state index in [1.807, 2.05) is 5.57 Å². The summed E-state index contributed by atoms with van der Waals surface area (Å²) < 4.78 is 0. The molecule has 1 unspecified atom stereocenters. The topological polar surface area (TPSA) is 0 Å². The molecule has 0 N–H and O–H groups in total. The number of rotatable bonds is 10. The van der Waals surface area contributed by atoms with Gasteiger partial charge in [0, 0.05) is 5.75 Å². The Kier molecular flexibility index (Phi) is 9.77. The summed E-state index contributed by atoms with van der Waals surface area (Å²) in [6.07, 6.45) is 14.2. The fraction of sp³-hybridized carbons (Fsp3) is 0.889. The van der Waals surface area contributed by atoms with Gasteiger partial charge in [-0.05, 0) is 37.9 Å². The van der Waals surface area contributed by atoms with Gasteiger partial charge in [-0.15, -0.1) is 0 Å². The van der Waals surface area contributed by atoms with Crippen molar-refractivity contribution in [1.82, 2.24) is 0 Å². The van der Waals surface area contributed by atoms with E-state index in [1.54, 1.807) is 5.57 Å². The van der Waals surface area contributed by atoms with Crippen molar-refractivity contribution < 1.29 is 0 Å². The molecule has 0 fully saturated rings. The van der Waals surface area contributed by atoms with Crippen LogP contribution in [0.5, 0.6) is 0 Å². The van der Waals surface area contributed by atoms with E-state index in [1.165, 1.54) is 75.7 Å². The number of hydrogen-bond donors (Lipinski definition) is 0. The second-order valence-electron chi connectivity index (χ2n) is 6.15. The number of unbranched alkanes of at least 4 members (excludes halogenated alkanes) is 5. The number of hydrogen-bond acceptors (Lipinski definition) is 1. The summed E-state index contributed by atoms with van der Waals surface area (Å²) >= 11 is 2.12. The van der Waals surface area contributed by atoms with Crippen LogP contribution in [-0.2, 0) is 0 Å². The molecule has 0 aliphatic carbocycles. The second-order valence-corrected chi connectivity index (χ2v) is 7.26. The molecule has 1 aliphatic rings. The van der Waals surface area contributed by atoms with Gasteiger partial charge >= 0.3 is 0 Å². The third-order valence-corrected chi connectivity index (χ3v) is 5.55. The lowest BCUT2D eigenvalue weighted by Crippen LogP contribution is -2.12. The molecule has 1 heterocycles. The van der Waals surface area contributed by atoms with Crippen molar-refractivity contribution in [3.63, 3.8) is 0 Å². The molecule has 0 saturated carbocycles. The third-order valence-electron chi connectivity index (χ3n) is 4.42. The lowest BCUT2D eigenvalue weighted by Gasteiger charge is -2.26. The Morgan fingerprint density at radius 1 is 0.947 bits per heavy atom. The fourth-order valence-corrected chi connectivity index (χ4v) is 4.28. The minimum atomic E-state index is 0.914. The SMILES string of the molecule is CCCCCCCCC(CCC)C1=C(C)CSCC1. The molecule has 0 radical (unpaired) electrons. The predicted octanol–water partition coefficient (Wildman–Crippen LogP) is 6.61.